The van der Waals surface area contributed by atoms with E-state index in [0.717, 1.165) is 13.1 Å². The lowest BCUT2D eigenvalue weighted by Gasteiger charge is -1.75. The molecule has 0 aromatic rings. The summed E-state index contributed by atoms with van der Waals surface area (Å²) >= 11 is 0. The van der Waals surface area contributed by atoms with E-state index in [-0.39, 0.29) is 7.43 Å². The summed E-state index contributed by atoms with van der Waals surface area (Å²) in [5, 5.41) is 2.93. The smallest absolute Gasteiger partial charge is 0.0825 e. The summed E-state index contributed by atoms with van der Waals surface area (Å²) in [6, 6.07) is 0. The zero-order valence-corrected chi connectivity index (χ0v) is 3.44. The molecule has 0 aliphatic carbocycles. The third kappa shape index (κ3) is 1.06. The monoisotopic (exact) mass is 82.1 g/mol. The molecule has 1 aliphatic heterocycles. The highest BCUT2D eigenvalue weighted by atomic mass is 15.0. The molecule has 4 radical (unpaired) electrons. The number of aliphatic imine (C=N–C) groups is 1. The summed E-state index contributed by atoms with van der Waals surface area (Å²) in [7, 11) is 0. The summed E-state index contributed by atoms with van der Waals surface area (Å²) < 4.78 is 0. The summed E-state index contributed by atoms with van der Waals surface area (Å²) in [5.74, 6) is 0. The Labute approximate surface area is 38.3 Å². The van der Waals surface area contributed by atoms with Gasteiger partial charge in [0, 0.05) is 14.0 Å². The van der Waals surface area contributed by atoms with Crippen molar-refractivity contribution in [2.24, 2.45) is 4.99 Å². The van der Waals surface area contributed by atoms with Crippen molar-refractivity contribution in [2.75, 3.05) is 13.1 Å². The lowest BCUT2D eigenvalue weighted by Crippen LogP contribution is -2.04. The second-order valence-electron chi connectivity index (χ2n) is 0.989. The number of rotatable bonds is 0. The molecule has 0 unspecified atom stereocenters. The van der Waals surface area contributed by atoms with Crippen molar-refractivity contribution in [2.45, 2.75) is 0 Å². The molecule has 0 spiro atoms. The van der Waals surface area contributed by atoms with Crippen LogP contribution >= 0.6 is 0 Å². The normalized spacial score (nSPS) is 16.0. The highest BCUT2D eigenvalue weighted by molar-refractivity contribution is 5.56. The Balaban J connectivity index is 0.000000250. The van der Waals surface area contributed by atoms with Crippen molar-refractivity contribution in [3.8, 4) is 0 Å². The van der Waals surface area contributed by atoms with Gasteiger partial charge >= 0.3 is 0 Å². The molecule has 0 saturated carbocycles. The molecule has 0 bridgehead atoms. The molecule has 0 aromatic heterocycles. The molecule has 0 aromatic carbocycles. The third-order valence-corrected chi connectivity index (χ3v) is 0.568. The van der Waals surface area contributed by atoms with Gasteiger partial charge in [0.2, 0.25) is 0 Å². The average Bonchev–Trinajstić information content (AvgIpc) is 1.76. The molecule has 1 aliphatic rings. The van der Waals surface area contributed by atoms with E-state index in [9.17, 15) is 0 Å². The van der Waals surface area contributed by atoms with Crippen LogP contribution in [0.15, 0.2) is 4.99 Å². The first-order chi connectivity index (χ1) is 2.50. The lowest BCUT2D eigenvalue weighted by molar-refractivity contribution is 0.965. The molecule has 0 saturated heterocycles. The van der Waals surface area contributed by atoms with Gasteiger partial charge in [0.05, 0.1) is 12.9 Å². The quantitative estimate of drug-likeness (QED) is 0.426. The maximum absolute atomic E-state index is 3.85. The fourth-order valence-electron chi connectivity index (χ4n) is 0.323. The molecule has 2 heteroatoms. The summed E-state index contributed by atoms with van der Waals surface area (Å²) in [6.07, 6.45) is 1.74. The van der Waals surface area contributed by atoms with Gasteiger partial charge < -0.3 is 5.32 Å². The Morgan fingerprint density at radius 1 is 1.67 bits per heavy atom. The van der Waals surface area contributed by atoms with Crippen LogP contribution in [0.1, 0.15) is 0 Å². The van der Waals surface area contributed by atoms with Gasteiger partial charge in [-0.2, -0.15) is 0 Å². The average molecular weight is 82.1 g/mol. The zero-order valence-electron chi connectivity index (χ0n) is 3.44. The number of nitrogens with one attached hydrogen (secondary N) is 1. The molecule has 1 N–H and O–H groups in total. The third-order valence-electron chi connectivity index (χ3n) is 0.568. The first-order valence-electron chi connectivity index (χ1n) is 1.72. The molecular weight excluding hydrogens is 76.1 g/mol. The minimum Gasteiger partial charge on any atom is -0.375 e. The largest absolute Gasteiger partial charge is 0.375 e. The Kier molecular flexibility index (Phi) is 2.46. The van der Waals surface area contributed by atoms with Crippen LogP contribution in [0.25, 0.3) is 0 Å². The van der Waals surface area contributed by atoms with Gasteiger partial charge in [-0.25, -0.2) is 0 Å². The molecule has 0 atom stereocenters. The Morgan fingerprint density at radius 2 is 2.50 bits per heavy atom. The molecule has 2 nitrogen and oxygen atoms in total. The van der Waals surface area contributed by atoms with Gasteiger partial charge in [-0.05, 0) is 0 Å². The minimum atomic E-state index is 0. The van der Waals surface area contributed by atoms with Crippen LogP contribution in [0.5, 0.6) is 0 Å². The predicted molar refractivity (Wildman–Crippen MR) is 24.6 cm³/mol. The van der Waals surface area contributed by atoms with Gasteiger partial charge in [-0.3, -0.25) is 4.99 Å². The lowest BCUT2D eigenvalue weighted by atomic mass is 10.7. The van der Waals surface area contributed by atoms with Crippen molar-refractivity contribution >= 4 is 6.34 Å². The molecule has 6 heavy (non-hydrogen) atoms. The topological polar surface area (TPSA) is 24.4 Å². The second kappa shape index (κ2) is 2.69. The summed E-state index contributed by atoms with van der Waals surface area (Å²) in [5.41, 5.74) is 0. The zero-order chi connectivity index (χ0) is 3.54. The standard InChI is InChI=1S/C3H6N2.C/c1-2-5-3-4-1;/h3H,1-2H2,(H,4,5);. The van der Waals surface area contributed by atoms with Gasteiger partial charge in [0.15, 0.2) is 0 Å². The second-order valence-corrected chi connectivity index (χ2v) is 0.989. The Bertz CT molecular complexity index is 43.5. The van der Waals surface area contributed by atoms with Gasteiger partial charge in [0.25, 0.3) is 0 Å². The van der Waals surface area contributed by atoms with E-state index in [2.05, 4.69) is 10.3 Å². The van der Waals surface area contributed by atoms with Crippen LogP contribution in [0.2, 0.25) is 0 Å². The summed E-state index contributed by atoms with van der Waals surface area (Å²) in [6.45, 7) is 1.99. The highest BCUT2D eigenvalue weighted by Gasteiger charge is 1.82. The Morgan fingerprint density at radius 3 is 2.67 bits per heavy atom. The molecule has 0 fully saturated rings. The van der Waals surface area contributed by atoms with Gasteiger partial charge in [0.1, 0.15) is 0 Å². The van der Waals surface area contributed by atoms with Crippen LogP contribution in [0, 0.1) is 7.43 Å². The van der Waals surface area contributed by atoms with Gasteiger partial charge in [-0.15, -0.1) is 0 Å². The fourth-order valence-corrected chi connectivity index (χ4v) is 0.323. The summed E-state index contributed by atoms with van der Waals surface area (Å²) in [4.78, 5) is 3.85. The van der Waals surface area contributed by atoms with Crippen LogP contribution in [0.3, 0.4) is 0 Å². The predicted octanol–water partition coefficient (Wildman–Crippen LogP) is -0.301. The Hall–Kier alpha value is -0.530. The van der Waals surface area contributed by atoms with Crippen molar-refractivity contribution in [3.63, 3.8) is 0 Å². The minimum absolute atomic E-state index is 0. The molecule has 1 heterocycles. The molecule has 1 rings (SSSR count). The van der Waals surface area contributed by atoms with Crippen LogP contribution in [-0.2, 0) is 0 Å². The van der Waals surface area contributed by atoms with E-state index < -0.39 is 0 Å². The van der Waals surface area contributed by atoms with Crippen LogP contribution in [-0.4, -0.2) is 19.4 Å². The van der Waals surface area contributed by atoms with Crippen molar-refractivity contribution in [1.29, 1.82) is 0 Å². The molecule has 32 valence electrons. The van der Waals surface area contributed by atoms with E-state index in [1.165, 1.54) is 0 Å². The maximum Gasteiger partial charge on any atom is 0.0825 e. The van der Waals surface area contributed by atoms with E-state index in [1.807, 2.05) is 0 Å². The molecule has 0 amide bonds. The van der Waals surface area contributed by atoms with Crippen LogP contribution < -0.4 is 5.32 Å². The van der Waals surface area contributed by atoms with Crippen molar-refractivity contribution < 1.29 is 0 Å². The first-order valence-corrected chi connectivity index (χ1v) is 1.72. The molecular formula is C4H6N2. The SMILES string of the molecule is C1=NCCN1.[C]. The van der Waals surface area contributed by atoms with Crippen LogP contribution in [0.4, 0.5) is 0 Å². The number of nitrogens with zero attached hydrogens (tertiary/aromatic N) is 1. The maximum atomic E-state index is 3.85. The van der Waals surface area contributed by atoms with E-state index >= 15 is 0 Å². The van der Waals surface area contributed by atoms with Gasteiger partial charge in [-0.1, -0.05) is 0 Å². The highest BCUT2D eigenvalue weighted by Crippen LogP contribution is 1.68. The number of hydrogen-bond donors (Lipinski definition) is 1. The van der Waals surface area contributed by atoms with E-state index in [4.69, 9.17) is 0 Å². The number of hydrogen-bond acceptors (Lipinski definition) is 2. The van der Waals surface area contributed by atoms with Crippen molar-refractivity contribution in [3.05, 3.63) is 7.43 Å². The first kappa shape index (κ1) is 5.47. The van der Waals surface area contributed by atoms with E-state index in [0.29, 0.717) is 0 Å². The van der Waals surface area contributed by atoms with E-state index in [1.54, 1.807) is 6.34 Å². The van der Waals surface area contributed by atoms with Crippen molar-refractivity contribution in [1.82, 2.24) is 5.32 Å². The fraction of sp³-hybridized carbons (Fsp3) is 0.500.